The van der Waals surface area contributed by atoms with Crippen molar-refractivity contribution >= 4 is 23.5 Å². The molecule has 0 spiro atoms. The minimum atomic E-state index is -4.46. The van der Waals surface area contributed by atoms with Crippen LogP contribution in [-0.2, 0) is 26.9 Å². The fourth-order valence-electron chi connectivity index (χ4n) is 4.23. The van der Waals surface area contributed by atoms with Crippen molar-refractivity contribution < 1.29 is 32.3 Å². The number of esters is 1. The van der Waals surface area contributed by atoms with Gasteiger partial charge >= 0.3 is 12.1 Å². The maximum absolute atomic E-state index is 12.7. The van der Waals surface area contributed by atoms with Crippen LogP contribution in [0, 0.1) is 5.92 Å². The van der Waals surface area contributed by atoms with Gasteiger partial charge in [0.25, 0.3) is 11.8 Å². The van der Waals surface area contributed by atoms with E-state index in [1.807, 2.05) is 24.3 Å². The molecule has 2 aliphatic heterocycles. The van der Waals surface area contributed by atoms with Crippen LogP contribution in [0.2, 0.25) is 0 Å². The quantitative estimate of drug-likeness (QED) is 0.653. The van der Waals surface area contributed by atoms with E-state index in [9.17, 15) is 27.6 Å². The Labute approximate surface area is 188 Å². The Morgan fingerprint density at radius 3 is 2.27 bits per heavy atom. The Morgan fingerprint density at radius 2 is 1.61 bits per heavy atom. The summed E-state index contributed by atoms with van der Waals surface area (Å²) in [6.45, 7) is 0.790. The minimum absolute atomic E-state index is 0.167. The lowest BCUT2D eigenvalue weighted by Gasteiger charge is -2.31. The average Bonchev–Trinajstić information content (AvgIpc) is 3.26. The number of amides is 2. The highest BCUT2D eigenvalue weighted by Crippen LogP contribution is 2.30. The van der Waals surface area contributed by atoms with E-state index in [2.05, 4.69) is 0 Å². The van der Waals surface area contributed by atoms with Crippen molar-refractivity contribution in [1.29, 1.82) is 0 Å². The summed E-state index contributed by atoms with van der Waals surface area (Å²) in [7, 11) is 0. The lowest BCUT2D eigenvalue weighted by atomic mass is 9.96. The number of fused-ring (bicyclic) bond motifs is 1. The van der Waals surface area contributed by atoms with Gasteiger partial charge < -0.3 is 14.5 Å². The van der Waals surface area contributed by atoms with Crippen molar-refractivity contribution in [1.82, 2.24) is 4.90 Å². The van der Waals surface area contributed by atoms with E-state index in [1.165, 1.54) is 4.90 Å². The number of hydrogen-bond donors (Lipinski definition) is 0. The third-order valence-electron chi connectivity index (χ3n) is 6.10. The molecule has 1 fully saturated rings. The molecule has 0 atom stereocenters. The van der Waals surface area contributed by atoms with Crippen LogP contribution in [0.4, 0.5) is 18.9 Å². The molecule has 9 heteroatoms. The third-order valence-corrected chi connectivity index (χ3v) is 6.10. The number of alkyl halides is 3. The van der Waals surface area contributed by atoms with Gasteiger partial charge in [0.15, 0.2) is 6.61 Å². The van der Waals surface area contributed by atoms with Gasteiger partial charge in [0.2, 0.25) is 0 Å². The fourth-order valence-corrected chi connectivity index (χ4v) is 4.23. The molecule has 0 bridgehead atoms. The molecule has 0 aromatic heterocycles. The summed E-state index contributed by atoms with van der Waals surface area (Å²) in [5, 5.41) is 0. The Balaban J connectivity index is 1.25. The molecule has 0 radical (unpaired) electrons. The van der Waals surface area contributed by atoms with Crippen LogP contribution in [0.1, 0.15) is 34.3 Å². The Bertz CT molecular complexity index is 1040. The summed E-state index contributed by atoms with van der Waals surface area (Å²) in [6.07, 6.45) is -2.96. The van der Waals surface area contributed by atoms with Gasteiger partial charge in [0, 0.05) is 30.9 Å². The highest BCUT2D eigenvalue weighted by atomic mass is 19.4. The van der Waals surface area contributed by atoms with E-state index in [1.54, 1.807) is 4.90 Å². The molecule has 2 aromatic rings. The Kier molecular flexibility index (Phi) is 6.40. The topological polar surface area (TPSA) is 66.9 Å². The van der Waals surface area contributed by atoms with E-state index in [0.717, 1.165) is 41.9 Å². The zero-order valence-electron chi connectivity index (χ0n) is 17.8. The molecule has 174 valence electrons. The van der Waals surface area contributed by atoms with Crippen LogP contribution in [0.5, 0.6) is 0 Å². The molecule has 4 rings (SSSR count). The highest BCUT2D eigenvalue weighted by Gasteiger charge is 2.32. The molecule has 2 amide bonds. The van der Waals surface area contributed by atoms with Crippen LogP contribution in [-0.4, -0.2) is 48.9 Å². The standard InChI is InChI=1S/C24H23F3N2O4/c25-24(26,27)19-7-5-17(6-8-19)22(31)28-12-9-18(10-13-28)23(32)33-15-21(30)29-14-11-16-3-1-2-4-20(16)29/h1-8,18H,9-15H2. The highest BCUT2D eigenvalue weighted by molar-refractivity contribution is 5.97. The molecule has 1 saturated heterocycles. The first-order valence-electron chi connectivity index (χ1n) is 10.8. The monoisotopic (exact) mass is 460 g/mol. The number of nitrogens with zero attached hydrogens (tertiary/aromatic N) is 2. The molecule has 0 aliphatic carbocycles. The van der Waals surface area contributed by atoms with Gasteiger partial charge in [-0.05, 0) is 55.2 Å². The summed E-state index contributed by atoms with van der Waals surface area (Å²) >= 11 is 0. The number of halogens is 3. The number of anilines is 1. The zero-order valence-corrected chi connectivity index (χ0v) is 17.8. The van der Waals surface area contributed by atoms with Gasteiger partial charge in [0.1, 0.15) is 0 Å². The van der Waals surface area contributed by atoms with E-state index in [-0.39, 0.29) is 37.1 Å². The first-order chi connectivity index (χ1) is 15.7. The molecular formula is C24H23F3N2O4. The van der Waals surface area contributed by atoms with Crippen LogP contribution in [0.25, 0.3) is 0 Å². The second-order valence-corrected chi connectivity index (χ2v) is 8.17. The smallest absolute Gasteiger partial charge is 0.416 e. The molecule has 6 nitrogen and oxygen atoms in total. The number of hydrogen-bond acceptors (Lipinski definition) is 4. The maximum Gasteiger partial charge on any atom is 0.416 e. The van der Waals surface area contributed by atoms with Crippen molar-refractivity contribution in [3.8, 4) is 0 Å². The van der Waals surface area contributed by atoms with E-state index in [0.29, 0.717) is 19.4 Å². The lowest BCUT2D eigenvalue weighted by molar-refractivity contribution is -0.153. The SMILES string of the molecule is O=C(OCC(=O)N1CCc2ccccc21)C1CCN(C(=O)c2ccc(C(F)(F)F)cc2)CC1. The third kappa shape index (κ3) is 5.02. The first kappa shape index (κ1) is 22.8. The molecule has 2 aromatic carbocycles. The van der Waals surface area contributed by atoms with E-state index in [4.69, 9.17) is 4.74 Å². The minimum Gasteiger partial charge on any atom is -0.455 e. The van der Waals surface area contributed by atoms with Gasteiger partial charge in [-0.1, -0.05) is 18.2 Å². The lowest BCUT2D eigenvalue weighted by Crippen LogP contribution is -2.41. The molecule has 2 aliphatic rings. The fraction of sp³-hybridized carbons (Fsp3) is 0.375. The number of benzene rings is 2. The summed E-state index contributed by atoms with van der Waals surface area (Å²) in [5.41, 5.74) is 1.28. The van der Waals surface area contributed by atoms with E-state index >= 15 is 0 Å². The number of carbonyl (C=O) groups is 3. The van der Waals surface area contributed by atoms with Crippen LogP contribution in [0.3, 0.4) is 0 Å². The molecule has 2 heterocycles. The van der Waals surface area contributed by atoms with Gasteiger partial charge in [-0.3, -0.25) is 14.4 Å². The number of likely N-dealkylation sites (tertiary alicyclic amines) is 1. The predicted octanol–water partition coefficient (Wildman–Crippen LogP) is 3.69. The van der Waals surface area contributed by atoms with Crippen LogP contribution in [0.15, 0.2) is 48.5 Å². The van der Waals surface area contributed by atoms with Crippen LogP contribution >= 0.6 is 0 Å². The van der Waals surface area contributed by atoms with Crippen LogP contribution < -0.4 is 4.90 Å². The number of carbonyl (C=O) groups excluding carboxylic acids is 3. The molecule has 33 heavy (non-hydrogen) atoms. The van der Waals surface area contributed by atoms with Gasteiger partial charge in [-0.2, -0.15) is 13.2 Å². The first-order valence-corrected chi connectivity index (χ1v) is 10.8. The number of ether oxygens (including phenoxy) is 1. The molecule has 0 unspecified atom stereocenters. The summed E-state index contributed by atoms with van der Waals surface area (Å²) in [6, 6.07) is 11.7. The Morgan fingerprint density at radius 1 is 0.939 bits per heavy atom. The molecule has 0 saturated carbocycles. The summed E-state index contributed by atoms with van der Waals surface area (Å²) in [4.78, 5) is 40.7. The van der Waals surface area contributed by atoms with Gasteiger partial charge in [-0.25, -0.2) is 0 Å². The second-order valence-electron chi connectivity index (χ2n) is 8.17. The molecular weight excluding hydrogens is 437 g/mol. The summed E-state index contributed by atoms with van der Waals surface area (Å²) in [5.74, 6) is -1.56. The van der Waals surface area contributed by atoms with Crippen molar-refractivity contribution in [3.05, 3.63) is 65.2 Å². The van der Waals surface area contributed by atoms with Crippen molar-refractivity contribution in [3.63, 3.8) is 0 Å². The number of piperidine rings is 1. The number of para-hydroxylation sites is 1. The Hall–Kier alpha value is -3.36. The largest absolute Gasteiger partial charge is 0.455 e. The zero-order chi connectivity index (χ0) is 23.6. The van der Waals surface area contributed by atoms with Crippen molar-refractivity contribution in [2.24, 2.45) is 5.92 Å². The number of rotatable bonds is 4. The van der Waals surface area contributed by atoms with Gasteiger partial charge in [0.05, 0.1) is 11.5 Å². The summed E-state index contributed by atoms with van der Waals surface area (Å²) < 4.78 is 43.3. The normalized spacial score (nSPS) is 16.5. The molecule has 0 N–H and O–H groups in total. The van der Waals surface area contributed by atoms with Crippen molar-refractivity contribution in [2.75, 3.05) is 31.1 Å². The van der Waals surface area contributed by atoms with Gasteiger partial charge in [-0.15, -0.1) is 0 Å². The predicted molar refractivity (Wildman–Crippen MR) is 114 cm³/mol. The van der Waals surface area contributed by atoms with E-state index < -0.39 is 23.6 Å². The average molecular weight is 460 g/mol. The maximum atomic E-state index is 12.7. The second kappa shape index (κ2) is 9.25. The van der Waals surface area contributed by atoms with Crippen molar-refractivity contribution in [2.45, 2.75) is 25.4 Å².